The lowest BCUT2D eigenvalue weighted by Crippen LogP contribution is -2.25. The Morgan fingerprint density at radius 1 is 0.892 bits per heavy atom. The van der Waals surface area contributed by atoms with Crippen LogP contribution in [0.1, 0.15) is 55.7 Å². The molecule has 3 aromatic rings. The van der Waals surface area contributed by atoms with Crippen molar-refractivity contribution in [2.45, 2.75) is 51.6 Å². The Morgan fingerprint density at radius 3 is 2.27 bits per heavy atom. The van der Waals surface area contributed by atoms with E-state index in [9.17, 15) is 22.0 Å². The minimum atomic E-state index is -1.29. The van der Waals surface area contributed by atoms with Gasteiger partial charge < -0.3 is 9.47 Å². The van der Waals surface area contributed by atoms with Gasteiger partial charge in [0.25, 0.3) is 0 Å². The summed E-state index contributed by atoms with van der Waals surface area (Å²) in [5.74, 6) is -5.34. The molecule has 3 aromatic carbocycles. The van der Waals surface area contributed by atoms with Crippen LogP contribution < -0.4 is 4.74 Å². The zero-order valence-electron chi connectivity index (χ0n) is 20.8. The molecular weight excluding hydrogens is 487 g/mol. The third kappa shape index (κ3) is 5.87. The van der Waals surface area contributed by atoms with Gasteiger partial charge in [-0.15, -0.1) is 0 Å². The summed E-state index contributed by atoms with van der Waals surface area (Å²) in [7, 11) is 0. The highest BCUT2D eigenvalue weighted by atomic mass is 19.2. The first-order chi connectivity index (χ1) is 17.8. The zero-order chi connectivity index (χ0) is 26.5. The monoisotopic (exact) mass is 516 g/mol. The number of rotatable bonds is 8. The highest BCUT2D eigenvalue weighted by Crippen LogP contribution is 2.34. The first kappa shape index (κ1) is 26.9. The maximum Gasteiger partial charge on any atom is 0.201 e. The number of hydrogen-bond acceptors (Lipinski definition) is 2. The molecule has 2 nitrogen and oxygen atoms in total. The fourth-order valence-corrected chi connectivity index (χ4v) is 4.72. The van der Waals surface area contributed by atoms with Crippen LogP contribution in [0.2, 0.25) is 0 Å². The Bertz CT molecular complexity index is 1280. The van der Waals surface area contributed by atoms with Crippen molar-refractivity contribution in [2.75, 3.05) is 13.2 Å². The number of aryl methyl sites for hydroxylation is 1. The Kier molecular flexibility index (Phi) is 8.64. The van der Waals surface area contributed by atoms with Gasteiger partial charge >= 0.3 is 0 Å². The van der Waals surface area contributed by atoms with Gasteiger partial charge in [-0.05, 0) is 68.9 Å². The molecule has 0 radical (unpaired) electrons. The summed E-state index contributed by atoms with van der Waals surface area (Å²) >= 11 is 0. The molecule has 0 amide bonds. The van der Waals surface area contributed by atoms with Gasteiger partial charge in [0.05, 0.1) is 19.3 Å². The molecule has 0 aliphatic carbocycles. The molecule has 1 aliphatic heterocycles. The Hall–Kier alpha value is -3.19. The number of hydrogen-bond donors (Lipinski definition) is 0. The Morgan fingerprint density at radius 2 is 1.62 bits per heavy atom. The van der Waals surface area contributed by atoms with Gasteiger partial charge in [-0.3, -0.25) is 0 Å². The van der Waals surface area contributed by atoms with Gasteiger partial charge in [0.2, 0.25) is 5.82 Å². The highest BCUT2D eigenvalue weighted by molar-refractivity contribution is 5.66. The van der Waals surface area contributed by atoms with E-state index >= 15 is 0 Å². The lowest BCUT2D eigenvalue weighted by atomic mass is 9.89. The lowest BCUT2D eigenvalue weighted by Gasteiger charge is -2.29. The zero-order valence-corrected chi connectivity index (χ0v) is 20.8. The van der Waals surface area contributed by atoms with Gasteiger partial charge in [-0.1, -0.05) is 36.4 Å². The molecule has 196 valence electrons. The van der Waals surface area contributed by atoms with Crippen LogP contribution in [-0.2, 0) is 11.2 Å². The summed E-state index contributed by atoms with van der Waals surface area (Å²) in [5, 5.41) is 0. The third-order valence-corrected chi connectivity index (χ3v) is 6.75. The van der Waals surface area contributed by atoms with E-state index in [1.165, 1.54) is 24.3 Å². The van der Waals surface area contributed by atoms with E-state index in [0.717, 1.165) is 12.0 Å². The van der Waals surface area contributed by atoms with Crippen LogP contribution in [-0.4, -0.2) is 19.3 Å². The quantitative estimate of drug-likeness (QED) is 0.280. The van der Waals surface area contributed by atoms with Crippen molar-refractivity contribution >= 4 is 6.08 Å². The molecule has 0 saturated carbocycles. The van der Waals surface area contributed by atoms with Gasteiger partial charge in [-0.25, -0.2) is 17.6 Å². The van der Waals surface area contributed by atoms with Crippen molar-refractivity contribution in [2.24, 2.45) is 0 Å². The van der Waals surface area contributed by atoms with E-state index in [1.54, 1.807) is 31.2 Å². The topological polar surface area (TPSA) is 18.5 Å². The number of ether oxygens (including phenoxy) is 2. The highest BCUT2D eigenvalue weighted by Gasteiger charge is 2.25. The molecule has 1 aliphatic rings. The summed E-state index contributed by atoms with van der Waals surface area (Å²) in [6.45, 7) is 4.02. The summed E-state index contributed by atoms with van der Waals surface area (Å²) in [5.41, 5.74) is 0.828. The molecule has 0 bridgehead atoms. The molecular formula is C30H29F5O2. The summed E-state index contributed by atoms with van der Waals surface area (Å²) in [4.78, 5) is 0. The van der Waals surface area contributed by atoms with Gasteiger partial charge in [-0.2, -0.15) is 4.39 Å². The molecule has 0 aromatic heterocycles. The summed E-state index contributed by atoms with van der Waals surface area (Å²) in [6, 6.07) is 10.2. The van der Waals surface area contributed by atoms with E-state index < -0.39 is 23.3 Å². The van der Waals surface area contributed by atoms with Gasteiger partial charge in [0.1, 0.15) is 5.82 Å². The molecule has 1 heterocycles. The second-order valence-electron chi connectivity index (χ2n) is 9.12. The largest absolute Gasteiger partial charge is 0.491 e. The number of benzene rings is 3. The second kappa shape index (κ2) is 11.9. The molecule has 0 N–H and O–H groups in total. The maximum atomic E-state index is 14.9. The van der Waals surface area contributed by atoms with E-state index in [4.69, 9.17) is 9.47 Å². The van der Waals surface area contributed by atoms with Gasteiger partial charge in [0, 0.05) is 22.6 Å². The molecule has 2 unspecified atom stereocenters. The molecule has 1 fully saturated rings. The molecule has 37 heavy (non-hydrogen) atoms. The first-order valence-corrected chi connectivity index (χ1v) is 12.5. The predicted molar refractivity (Wildman–Crippen MR) is 134 cm³/mol. The smallest absolute Gasteiger partial charge is 0.201 e. The third-order valence-electron chi connectivity index (χ3n) is 6.75. The molecule has 4 rings (SSSR count). The Labute approximate surface area is 213 Å². The van der Waals surface area contributed by atoms with Crippen LogP contribution in [0.25, 0.3) is 17.2 Å². The van der Waals surface area contributed by atoms with E-state index in [2.05, 4.69) is 0 Å². The fourth-order valence-electron chi connectivity index (χ4n) is 4.72. The molecule has 7 heteroatoms. The van der Waals surface area contributed by atoms with Crippen molar-refractivity contribution in [1.29, 1.82) is 0 Å². The van der Waals surface area contributed by atoms with Crippen LogP contribution in [0.4, 0.5) is 22.0 Å². The average molecular weight is 517 g/mol. The number of halogens is 5. The van der Waals surface area contributed by atoms with Crippen LogP contribution in [0.3, 0.4) is 0 Å². The van der Waals surface area contributed by atoms with Crippen LogP contribution in [0.15, 0.2) is 48.5 Å². The summed E-state index contributed by atoms with van der Waals surface area (Å²) < 4.78 is 83.7. The van der Waals surface area contributed by atoms with E-state index in [1.807, 2.05) is 13.0 Å². The SMILES string of the molecule is C/C=C/c1ccc(C2CCC(CCc3ccc(-c4ccc(OCC)c(F)c4F)c(F)c3F)OC2)cc1F. The normalized spacial score (nSPS) is 17.9. The molecule has 2 atom stereocenters. The van der Waals surface area contributed by atoms with Crippen molar-refractivity contribution in [3.8, 4) is 16.9 Å². The van der Waals surface area contributed by atoms with Gasteiger partial charge in [0.15, 0.2) is 23.2 Å². The van der Waals surface area contributed by atoms with Crippen molar-refractivity contribution in [3.63, 3.8) is 0 Å². The van der Waals surface area contributed by atoms with Crippen molar-refractivity contribution < 1.29 is 31.4 Å². The minimum absolute atomic E-state index is 0.0725. The van der Waals surface area contributed by atoms with E-state index in [0.29, 0.717) is 25.0 Å². The first-order valence-electron chi connectivity index (χ1n) is 12.5. The second-order valence-corrected chi connectivity index (χ2v) is 9.12. The lowest BCUT2D eigenvalue weighted by molar-refractivity contribution is -0.000710. The number of allylic oxidation sites excluding steroid dienone is 1. The van der Waals surface area contributed by atoms with E-state index in [-0.39, 0.29) is 53.3 Å². The van der Waals surface area contributed by atoms with Crippen LogP contribution >= 0.6 is 0 Å². The van der Waals surface area contributed by atoms with Crippen molar-refractivity contribution in [3.05, 3.63) is 94.3 Å². The van der Waals surface area contributed by atoms with Crippen LogP contribution in [0, 0.1) is 29.1 Å². The predicted octanol–water partition coefficient (Wildman–Crippen LogP) is 8.38. The van der Waals surface area contributed by atoms with Crippen LogP contribution in [0.5, 0.6) is 5.75 Å². The maximum absolute atomic E-state index is 14.9. The molecule has 1 saturated heterocycles. The van der Waals surface area contributed by atoms with Crippen molar-refractivity contribution in [1.82, 2.24) is 0 Å². The standard InChI is InChI=1S/C30H29F5O2/c1-3-5-18-6-7-20(16-25(18)31)21-9-12-22(37-17-21)11-8-19-10-13-23(28(33)27(19)32)24-14-15-26(36-4-2)30(35)29(24)34/h3,5-7,10,13-16,21-22H,4,8-9,11-12,17H2,1-2H3/b5-3+. The fraction of sp³-hybridized carbons (Fsp3) is 0.333. The Balaban J connectivity index is 1.39. The minimum Gasteiger partial charge on any atom is -0.491 e. The summed E-state index contributed by atoms with van der Waals surface area (Å²) in [6.07, 6.45) is 5.57. The average Bonchev–Trinajstić information content (AvgIpc) is 2.90. The molecule has 0 spiro atoms.